The second kappa shape index (κ2) is 7.81. The molecule has 3 aromatic rings. The molecule has 2 amide bonds. The number of hydrogen-bond acceptors (Lipinski definition) is 5. The Morgan fingerprint density at radius 1 is 1.10 bits per heavy atom. The van der Waals surface area contributed by atoms with Gasteiger partial charge in [0.25, 0.3) is 5.91 Å². The largest absolute Gasteiger partial charge is 0.472 e. The van der Waals surface area contributed by atoms with Crippen molar-refractivity contribution in [3.63, 3.8) is 0 Å². The number of nitrogen functional groups attached to an aromatic ring is 1. The van der Waals surface area contributed by atoms with Gasteiger partial charge in [-0.05, 0) is 36.4 Å². The van der Waals surface area contributed by atoms with E-state index < -0.39 is 12.0 Å². The van der Waals surface area contributed by atoms with Crippen molar-refractivity contribution in [3.05, 3.63) is 77.3 Å². The lowest BCUT2D eigenvalue weighted by molar-refractivity contribution is -0.128. The molecule has 4 rings (SSSR count). The maximum Gasteiger partial charge on any atom is 0.274 e. The Balaban J connectivity index is 1.62. The highest BCUT2D eigenvalue weighted by molar-refractivity contribution is 6.30. The lowest BCUT2D eigenvalue weighted by Crippen LogP contribution is -2.45. The van der Waals surface area contributed by atoms with E-state index in [9.17, 15) is 9.59 Å². The van der Waals surface area contributed by atoms with E-state index in [0.717, 1.165) is 0 Å². The van der Waals surface area contributed by atoms with Gasteiger partial charge in [0.2, 0.25) is 12.0 Å². The van der Waals surface area contributed by atoms with Crippen LogP contribution in [0.15, 0.2) is 66.7 Å². The van der Waals surface area contributed by atoms with E-state index in [1.54, 1.807) is 48.5 Å². The fourth-order valence-electron chi connectivity index (χ4n) is 3.03. The average Bonchev–Trinajstić information content (AvgIpc) is 2.72. The first-order chi connectivity index (χ1) is 14.0. The van der Waals surface area contributed by atoms with Gasteiger partial charge >= 0.3 is 0 Å². The third-order valence-corrected chi connectivity index (χ3v) is 4.64. The normalized spacial score (nSPS) is 15.4. The van der Waals surface area contributed by atoms with E-state index in [4.69, 9.17) is 22.1 Å². The van der Waals surface area contributed by atoms with Crippen molar-refractivity contribution in [1.82, 2.24) is 4.98 Å². The van der Waals surface area contributed by atoms with E-state index >= 15 is 0 Å². The molecule has 7 nitrogen and oxygen atoms in total. The zero-order valence-electron chi connectivity index (χ0n) is 15.2. The fraction of sp³-hybridized carbons (Fsp3) is 0.0952. The number of rotatable bonds is 4. The highest BCUT2D eigenvalue weighted by Crippen LogP contribution is 2.38. The zero-order valence-corrected chi connectivity index (χ0v) is 16.0. The fourth-order valence-corrected chi connectivity index (χ4v) is 3.15. The van der Waals surface area contributed by atoms with Crippen molar-refractivity contribution in [2.45, 2.75) is 6.10 Å². The van der Waals surface area contributed by atoms with Crippen LogP contribution >= 0.6 is 11.6 Å². The van der Waals surface area contributed by atoms with Gasteiger partial charge in [0.15, 0.2) is 11.6 Å². The SMILES string of the molecule is Nc1ccc2c(n1)N(CC(=O)Nc1ccc(Cl)cc1)C(=O)C(c1ccccc1)O2. The molecule has 0 spiro atoms. The lowest BCUT2D eigenvalue weighted by atomic mass is 10.1. The third kappa shape index (κ3) is 4.00. The molecule has 0 radical (unpaired) electrons. The van der Waals surface area contributed by atoms with Gasteiger partial charge in [-0.25, -0.2) is 4.98 Å². The molecular weight excluding hydrogens is 392 g/mol. The number of carbonyl (C=O) groups is 2. The molecular formula is C21H17ClN4O3. The molecule has 1 unspecified atom stereocenters. The minimum atomic E-state index is -0.877. The Hall–Kier alpha value is -3.58. The van der Waals surface area contributed by atoms with E-state index in [1.807, 2.05) is 18.2 Å². The molecule has 0 bridgehead atoms. The van der Waals surface area contributed by atoms with Gasteiger partial charge in [-0.1, -0.05) is 41.9 Å². The number of pyridine rings is 1. The molecule has 1 aliphatic rings. The topological polar surface area (TPSA) is 97.5 Å². The molecule has 1 atom stereocenters. The molecule has 1 aliphatic heterocycles. The molecule has 8 heteroatoms. The number of amides is 2. The second-order valence-electron chi connectivity index (χ2n) is 6.45. The summed E-state index contributed by atoms with van der Waals surface area (Å²) in [7, 11) is 0. The number of anilines is 3. The van der Waals surface area contributed by atoms with Crippen LogP contribution in [0.5, 0.6) is 5.75 Å². The number of hydrogen-bond donors (Lipinski definition) is 2. The number of halogens is 1. The minimum Gasteiger partial charge on any atom is -0.472 e. The summed E-state index contributed by atoms with van der Waals surface area (Å²) in [5.74, 6) is 0.0411. The summed E-state index contributed by atoms with van der Waals surface area (Å²) < 4.78 is 5.87. The van der Waals surface area contributed by atoms with Crippen molar-refractivity contribution in [2.24, 2.45) is 0 Å². The second-order valence-corrected chi connectivity index (χ2v) is 6.88. The van der Waals surface area contributed by atoms with Crippen LogP contribution in [-0.2, 0) is 9.59 Å². The molecule has 146 valence electrons. The first-order valence-electron chi connectivity index (χ1n) is 8.86. The number of nitrogens with two attached hydrogens (primary N) is 1. The van der Waals surface area contributed by atoms with Crippen molar-refractivity contribution < 1.29 is 14.3 Å². The van der Waals surface area contributed by atoms with E-state index in [0.29, 0.717) is 22.0 Å². The van der Waals surface area contributed by atoms with Crippen LogP contribution < -0.4 is 20.7 Å². The van der Waals surface area contributed by atoms with E-state index in [1.165, 1.54) is 4.90 Å². The van der Waals surface area contributed by atoms with Crippen LogP contribution in [0.1, 0.15) is 11.7 Å². The molecule has 0 saturated heterocycles. The third-order valence-electron chi connectivity index (χ3n) is 4.38. The Bertz CT molecular complexity index is 1060. The molecule has 0 saturated carbocycles. The Kier molecular flexibility index (Phi) is 5.05. The van der Waals surface area contributed by atoms with Gasteiger partial charge in [0, 0.05) is 16.3 Å². The predicted molar refractivity (Wildman–Crippen MR) is 111 cm³/mol. The highest BCUT2D eigenvalue weighted by atomic mass is 35.5. The molecule has 2 heterocycles. The molecule has 1 aromatic heterocycles. The quantitative estimate of drug-likeness (QED) is 0.689. The Morgan fingerprint density at radius 2 is 1.83 bits per heavy atom. The molecule has 29 heavy (non-hydrogen) atoms. The summed E-state index contributed by atoms with van der Waals surface area (Å²) in [6.07, 6.45) is -0.877. The summed E-state index contributed by atoms with van der Waals surface area (Å²) in [5, 5.41) is 3.31. The van der Waals surface area contributed by atoms with Gasteiger partial charge in [0.05, 0.1) is 0 Å². The van der Waals surface area contributed by atoms with Crippen LogP contribution in [0.25, 0.3) is 0 Å². The number of nitrogens with one attached hydrogen (secondary N) is 1. The predicted octanol–water partition coefficient (Wildman–Crippen LogP) is 3.42. The monoisotopic (exact) mass is 408 g/mol. The Morgan fingerprint density at radius 3 is 2.55 bits per heavy atom. The number of carbonyl (C=O) groups excluding carboxylic acids is 2. The summed E-state index contributed by atoms with van der Waals surface area (Å²) >= 11 is 5.87. The summed E-state index contributed by atoms with van der Waals surface area (Å²) in [5.41, 5.74) is 7.04. The van der Waals surface area contributed by atoms with E-state index in [2.05, 4.69) is 10.3 Å². The summed E-state index contributed by atoms with van der Waals surface area (Å²) in [6, 6.07) is 19.0. The van der Waals surface area contributed by atoms with Gasteiger partial charge < -0.3 is 15.8 Å². The number of benzene rings is 2. The maximum atomic E-state index is 13.2. The number of nitrogens with zero attached hydrogens (tertiary/aromatic N) is 2. The van der Waals surface area contributed by atoms with Crippen molar-refractivity contribution in [3.8, 4) is 5.75 Å². The molecule has 2 aromatic carbocycles. The van der Waals surface area contributed by atoms with Crippen LogP contribution in [0, 0.1) is 0 Å². The molecule has 3 N–H and O–H groups in total. The lowest BCUT2D eigenvalue weighted by Gasteiger charge is -2.33. The number of fused-ring (bicyclic) bond motifs is 1. The highest BCUT2D eigenvalue weighted by Gasteiger charge is 2.37. The van der Waals surface area contributed by atoms with Crippen LogP contribution in [0.4, 0.5) is 17.3 Å². The Labute approximate surface area is 172 Å². The van der Waals surface area contributed by atoms with Crippen molar-refractivity contribution in [2.75, 3.05) is 22.5 Å². The maximum absolute atomic E-state index is 13.2. The van der Waals surface area contributed by atoms with Crippen molar-refractivity contribution in [1.29, 1.82) is 0 Å². The van der Waals surface area contributed by atoms with Gasteiger partial charge in [0.1, 0.15) is 12.4 Å². The van der Waals surface area contributed by atoms with Crippen LogP contribution in [0.3, 0.4) is 0 Å². The molecule has 0 aliphatic carbocycles. The number of ether oxygens (including phenoxy) is 1. The zero-order chi connectivity index (χ0) is 20.4. The van der Waals surface area contributed by atoms with Gasteiger partial charge in [-0.2, -0.15) is 0 Å². The van der Waals surface area contributed by atoms with Crippen LogP contribution in [-0.4, -0.2) is 23.3 Å². The number of aromatic nitrogens is 1. The smallest absolute Gasteiger partial charge is 0.274 e. The standard InChI is InChI=1S/C21H17ClN4O3/c22-14-6-8-15(9-7-14)24-18(27)12-26-20-16(10-11-17(23)25-20)29-19(21(26)28)13-4-2-1-3-5-13/h1-11,19H,12H2,(H2,23,25)(H,24,27). The van der Waals surface area contributed by atoms with Crippen molar-refractivity contribution >= 4 is 40.7 Å². The average molecular weight is 409 g/mol. The first kappa shape index (κ1) is 18.8. The minimum absolute atomic E-state index is 0.216. The van der Waals surface area contributed by atoms with Gasteiger partial charge in [-0.15, -0.1) is 0 Å². The molecule has 0 fully saturated rings. The summed E-state index contributed by atoms with van der Waals surface area (Å²) in [4.78, 5) is 31.3. The summed E-state index contributed by atoms with van der Waals surface area (Å²) in [6.45, 7) is -0.238. The van der Waals surface area contributed by atoms with Gasteiger partial charge in [-0.3, -0.25) is 14.5 Å². The first-order valence-corrected chi connectivity index (χ1v) is 9.24. The van der Waals surface area contributed by atoms with E-state index in [-0.39, 0.29) is 24.1 Å². The van der Waals surface area contributed by atoms with Crippen LogP contribution in [0.2, 0.25) is 5.02 Å².